The van der Waals surface area contributed by atoms with Crippen LogP contribution in [-0.2, 0) is 16.1 Å². The van der Waals surface area contributed by atoms with Crippen molar-refractivity contribution in [2.75, 3.05) is 12.4 Å². The monoisotopic (exact) mass is 473 g/mol. The van der Waals surface area contributed by atoms with E-state index in [1.807, 2.05) is 86.6 Å². The first-order valence-electron chi connectivity index (χ1n) is 11.0. The Bertz CT molecular complexity index is 1210. The third-order valence-corrected chi connectivity index (χ3v) is 6.74. The Kier molecular flexibility index (Phi) is 7.33. The molecule has 6 nitrogen and oxygen atoms in total. The summed E-state index contributed by atoms with van der Waals surface area (Å²) in [6, 6.07) is 22.9. The minimum absolute atomic E-state index is 0.103. The van der Waals surface area contributed by atoms with E-state index >= 15 is 0 Å². The van der Waals surface area contributed by atoms with Gasteiger partial charge in [-0.05, 0) is 55.3 Å². The summed E-state index contributed by atoms with van der Waals surface area (Å²) in [6.45, 7) is 4.34. The second-order valence-electron chi connectivity index (χ2n) is 8.18. The van der Waals surface area contributed by atoms with Crippen molar-refractivity contribution < 1.29 is 14.3 Å². The number of aliphatic imine (C=N–C) groups is 1. The van der Waals surface area contributed by atoms with Gasteiger partial charge in [-0.25, -0.2) is 4.99 Å². The molecule has 0 radical (unpaired) electrons. The van der Waals surface area contributed by atoms with Gasteiger partial charge in [0.05, 0.1) is 19.3 Å². The first-order valence-corrected chi connectivity index (χ1v) is 11.9. The summed E-state index contributed by atoms with van der Waals surface area (Å²) in [5, 5.41) is 2.94. The normalized spacial score (nSPS) is 17.0. The maximum atomic E-state index is 13.2. The molecule has 3 aromatic carbocycles. The van der Waals surface area contributed by atoms with Gasteiger partial charge in [0.1, 0.15) is 11.0 Å². The molecule has 2 amide bonds. The van der Waals surface area contributed by atoms with Gasteiger partial charge in [-0.2, -0.15) is 0 Å². The number of amidine groups is 1. The molecule has 0 unspecified atom stereocenters. The predicted molar refractivity (Wildman–Crippen MR) is 138 cm³/mol. The van der Waals surface area contributed by atoms with E-state index in [0.29, 0.717) is 11.7 Å². The molecule has 1 atom stereocenters. The number of anilines is 1. The Morgan fingerprint density at radius 3 is 2.50 bits per heavy atom. The fraction of sp³-hybridized carbons (Fsp3) is 0.222. The van der Waals surface area contributed by atoms with Gasteiger partial charge in [0.15, 0.2) is 5.17 Å². The van der Waals surface area contributed by atoms with Crippen LogP contribution in [0.3, 0.4) is 0 Å². The van der Waals surface area contributed by atoms with Gasteiger partial charge in [-0.1, -0.05) is 59.8 Å². The van der Waals surface area contributed by atoms with Crippen LogP contribution in [0.25, 0.3) is 0 Å². The van der Waals surface area contributed by atoms with Crippen LogP contribution in [-0.4, -0.2) is 34.2 Å². The Labute approximate surface area is 204 Å². The third kappa shape index (κ3) is 5.66. The van der Waals surface area contributed by atoms with E-state index < -0.39 is 5.25 Å². The first-order chi connectivity index (χ1) is 16.4. The van der Waals surface area contributed by atoms with Crippen LogP contribution < -0.4 is 10.1 Å². The number of thioether (sulfide) groups is 1. The summed E-state index contributed by atoms with van der Waals surface area (Å²) in [5.74, 6) is 0.421. The van der Waals surface area contributed by atoms with Gasteiger partial charge in [-0.3, -0.25) is 14.5 Å². The quantitative estimate of drug-likeness (QED) is 0.515. The summed E-state index contributed by atoms with van der Waals surface area (Å²) in [7, 11) is 1.62. The van der Waals surface area contributed by atoms with Gasteiger partial charge in [-0.15, -0.1) is 0 Å². The molecule has 174 valence electrons. The summed E-state index contributed by atoms with van der Waals surface area (Å²) >= 11 is 1.32. The minimum Gasteiger partial charge on any atom is -0.497 e. The zero-order valence-electron chi connectivity index (χ0n) is 19.4. The molecule has 0 aliphatic carbocycles. The molecule has 0 saturated carbocycles. The number of carbonyl (C=O) groups excluding carboxylic acids is 2. The van der Waals surface area contributed by atoms with E-state index in [4.69, 9.17) is 9.73 Å². The van der Waals surface area contributed by atoms with Gasteiger partial charge in [0.2, 0.25) is 11.8 Å². The van der Waals surface area contributed by atoms with Crippen molar-refractivity contribution in [1.29, 1.82) is 0 Å². The van der Waals surface area contributed by atoms with Crippen molar-refractivity contribution in [2.24, 2.45) is 4.99 Å². The lowest BCUT2D eigenvalue weighted by atomic mass is 10.1. The zero-order valence-corrected chi connectivity index (χ0v) is 20.3. The highest BCUT2D eigenvalue weighted by molar-refractivity contribution is 8.15. The van der Waals surface area contributed by atoms with E-state index in [-0.39, 0.29) is 18.2 Å². The largest absolute Gasteiger partial charge is 0.497 e. The first kappa shape index (κ1) is 23.6. The molecule has 34 heavy (non-hydrogen) atoms. The maximum Gasteiger partial charge on any atom is 0.238 e. The molecule has 3 aromatic rings. The number of benzene rings is 3. The van der Waals surface area contributed by atoms with Crippen LogP contribution in [0.1, 0.15) is 23.1 Å². The Hall–Kier alpha value is -3.58. The molecule has 1 aliphatic rings. The van der Waals surface area contributed by atoms with Gasteiger partial charge < -0.3 is 10.1 Å². The summed E-state index contributed by atoms with van der Waals surface area (Å²) in [6.07, 6.45) is 0.103. The zero-order chi connectivity index (χ0) is 24.1. The SMILES string of the molecule is COc1ccc(CN2C(=O)C[C@H](C(=O)Nc3ccc(C)cc3C)SC2=Nc2ccccc2)cc1. The maximum absolute atomic E-state index is 13.2. The molecule has 1 aliphatic heterocycles. The van der Waals surface area contributed by atoms with E-state index in [1.54, 1.807) is 12.0 Å². The lowest BCUT2D eigenvalue weighted by Gasteiger charge is -2.32. The molecule has 1 N–H and O–H groups in total. The number of rotatable bonds is 6. The Balaban J connectivity index is 1.58. The molecular weight excluding hydrogens is 446 g/mol. The van der Waals surface area contributed by atoms with Crippen LogP contribution in [0, 0.1) is 13.8 Å². The topological polar surface area (TPSA) is 71.0 Å². The van der Waals surface area contributed by atoms with Gasteiger partial charge >= 0.3 is 0 Å². The van der Waals surface area contributed by atoms with E-state index in [2.05, 4.69) is 5.32 Å². The molecule has 1 heterocycles. The van der Waals surface area contributed by atoms with Crippen LogP contribution in [0.2, 0.25) is 0 Å². The lowest BCUT2D eigenvalue weighted by molar-refractivity contribution is -0.129. The summed E-state index contributed by atoms with van der Waals surface area (Å²) in [4.78, 5) is 32.7. The minimum atomic E-state index is -0.567. The van der Waals surface area contributed by atoms with Crippen molar-refractivity contribution in [1.82, 2.24) is 4.90 Å². The number of nitrogens with zero attached hydrogens (tertiary/aromatic N) is 2. The number of methoxy groups -OCH3 is 1. The van der Waals surface area contributed by atoms with Gasteiger partial charge in [0, 0.05) is 12.1 Å². The molecule has 1 fully saturated rings. The Morgan fingerprint density at radius 2 is 1.82 bits per heavy atom. The summed E-state index contributed by atoms with van der Waals surface area (Å²) in [5.41, 5.74) is 4.55. The van der Waals surface area contributed by atoms with Crippen LogP contribution in [0.5, 0.6) is 5.75 Å². The number of aryl methyl sites for hydroxylation is 2. The smallest absolute Gasteiger partial charge is 0.238 e. The number of hydrogen-bond donors (Lipinski definition) is 1. The standard InChI is InChI=1S/C27H27N3O3S/c1-18-9-14-23(19(2)15-18)29-26(32)24-16-25(31)30(17-20-10-12-22(33-3)13-11-20)27(34-24)28-21-7-5-4-6-8-21/h4-15,24H,16-17H2,1-3H3,(H,29,32)/t24-/m1/s1. The number of ether oxygens (including phenoxy) is 1. The number of nitrogens with one attached hydrogen (secondary N) is 1. The molecule has 0 aromatic heterocycles. The number of amides is 2. The fourth-order valence-electron chi connectivity index (χ4n) is 3.69. The number of carbonyl (C=O) groups is 2. The highest BCUT2D eigenvalue weighted by Gasteiger charge is 2.36. The molecule has 7 heteroatoms. The van der Waals surface area contributed by atoms with E-state index in [0.717, 1.165) is 33.8 Å². The van der Waals surface area contributed by atoms with Gasteiger partial charge in [0.25, 0.3) is 0 Å². The Morgan fingerprint density at radius 1 is 1.09 bits per heavy atom. The third-order valence-electron chi connectivity index (χ3n) is 5.55. The lowest BCUT2D eigenvalue weighted by Crippen LogP contribution is -2.44. The predicted octanol–water partition coefficient (Wildman–Crippen LogP) is 5.47. The van der Waals surface area contributed by atoms with Crippen molar-refractivity contribution in [3.8, 4) is 5.75 Å². The van der Waals surface area contributed by atoms with Crippen molar-refractivity contribution >= 4 is 40.1 Å². The average Bonchev–Trinajstić information content (AvgIpc) is 2.84. The molecule has 0 spiro atoms. The van der Waals surface area contributed by atoms with Crippen molar-refractivity contribution in [3.05, 3.63) is 89.5 Å². The van der Waals surface area contributed by atoms with Crippen molar-refractivity contribution in [2.45, 2.75) is 32.1 Å². The van der Waals surface area contributed by atoms with E-state index in [9.17, 15) is 9.59 Å². The van der Waals surface area contributed by atoms with Crippen LogP contribution in [0.15, 0.2) is 77.8 Å². The second kappa shape index (κ2) is 10.6. The average molecular weight is 474 g/mol. The molecule has 0 bridgehead atoms. The van der Waals surface area contributed by atoms with Crippen LogP contribution >= 0.6 is 11.8 Å². The molecular formula is C27H27N3O3S. The fourth-order valence-corrected chi connectivity index (χ4v) is 4.79. The highest BCUT2D eigenvalue weighted by atomic mass is 32.2. The highest BCUT2D eigenvalue weighted by Crippen LogP contribution is 2.31. The van der Waals surface area contributed by atoms with Crippen LogP contribution in [0.4, 0.5) is 11.4 Å². The van der Waals surface area contributed by atoms with E-state index in [1.165, 1.54) is 11.8 Å². The summed E-state index contributed by atoms with van der Waals surface area (Å²) < 4.78 is 5.23. The molecule has 1 saturated heterocycles. The molecule has 4 rings (SSSR count). The number of hydrogen-bond acceptors (Lipinski definition) is 5. The number of para-hydroxylation sites is 1. The van der Waals surface area contributed by atoms with Crippen molar-refractivity contribution in [3.63, 3.8) is 0 Å². The second-order valence-corrected chi connectivity index (χ2v) is 9.35.